The molecule has 1 fully saturated rings. The first-order chi connectivity index (χ1) is 10.8. The Hall–Kier alpha value is -2.38. The predicted octanol–water partition coefficient (Wildman–Crippen LogP) is 0.0573. The fraction of sp³-hybridized carbons (Fsp3) is 0.600. The van der Waals surface area contributed by atoms with Gasteiger partial charge < -0.3 is 19.1 Å². The van der Waals surface area contributed by atoms with Crippen LogP contribution < -0.4 is 0 Å². The Kier molecular flexibility index (Phi) is 6.74. The number of likely N-dealkylation sites (tertiary alicyclic amines) is 1. The van der Waals surface area contributed by atoms with E-state index in [-0.39, 0.29) is 24.8 Å². The van der Waals surface area contributed by atoms with E-state index in [0.29, 0.717) is 0 Å². The molecule has 2 atom stereocenters. The van der Waals surface area contributed by atoms with E-state index in [1.54, 1.807) is 13.8 Å². The van der Waals surface area contributed by atoms with Crippen molar-refractivity contribution in [2.24, 2.45) is 5.92 Å². The third kappa shape index (κ3) is 5.08. The summed E-state index contributed by atoms with van der Waals surface area (Å²) in [5.41, 5.74) is 0. The summed E-state index contributed by atoms with van der Waals surface area (Å²) in [6.45, 7) is 3.54. The first-order valence-electron chi connectivity index (χ1n) is 7.15. The van der Waals surface area contributed by atoms with Crippen LogP contribution in [-0.2, 0) is 33.4 Å². The van der Waals surface area contributed by atoms with Crippen LogP contribution in [0.25, 0.3) is 0 Å². The Morgan fingerprint density at radius 3 is 2.17 bits per heavy atom. The minimum Gasteiger partial charge on any atom is -0.467 e. The molecule has 0 radical (unpaired) electrons. The molecule has 1 saturated heterocycles. The molecular weight excluding hydrogens is 306 g/mol. The second-order valence-corrected chi connectivity index (χ2v) is 5.34. The lowest BCUT2D eigenvalue weighted by Crippen LogP contribution is -2.43. The number of nitrogens with zero attached hydrogens (tertiary/aromatic N) is 1. The average Bonchev–Trinajstić information content (AvgIpc) is 2.94. The van der Waals surface area contributed by atoms with E-state index in [4.69, 9.17) is 9.47 Å². The van der Waals surface area contributed by atoms with Crippen LogP contribution in [0.15, 0.2) is 12.2 Å². The maximum Gasteiger partial charge on any atom is 0.331 e. The van der Waals surface area contributed by atoms with Gasteiger partial charge in [-0.05, 0) is 0 Å². The highest BCUT2D eigenvalue weighted by molar-refractivity contribution is 5.92. The molecule has 0 aliphatic carbocycles. The summed E-state index contributed by atoms with van der Waals surface area (Å²) >= 11 is 0. The number of methoxy groups -OCH3 is 2. The van der Waals surface area contributed by atoms with Gasteiger partial charge in [-0.3, -0.25) is 4.79 Å². The number of hydrogen-bond acceptors (Lipinski definition) is 7. The summed E-state index contributed by atoms with van der Waals surface area (Å²) < 4.78 is 14.2. The van der Waals surface area contributed by atoms with Gasteiger partial charge in [-0.2, -0.15) is 0 Å². The Bertz CT molecular complexity index is 512. The van der Waals surface area contributed by atoms with E-state index in [1.807, 2.05) is 0 Å². The molecule has 1 rings (SSSR count). The van der Waals surface area contributed by atoms with Crippen LogP contribution in [0.1, 0.15) is 20.3 Å². The highest BCUT2D eigenvalue weighted by Gasteiger charge is 2.42. The van der Waals surface area contributed by atoms with Gasteiger partial charge in [-0.25, -0.2) is 14.4 Å². The lowest BCUT2D eigenvalue weighted by atomic mass is 10.1. The number of hydrogen-bond donors (Lipinski definition) is 0. The molecule has 0 unspecified atom stereocenters. The van der Waals surface area contributed by atoms with Crippen molar-refractivity contribution in [3.63, 3.8) is 0 Å². The number of rotatable bonds is 5. The van der Waals surface area contributed by atoms with Gasteiger partial charge in [0.05, 0.1) is 20.8 Å². The fourth-order valence-electron chi connectivity index (χ4n) is 2.23. The van der Waals surface area contributed by atoms with Gasteiger partial charge in [-0.1, -0.05) is 13.8 Å². The predicted molar refractivity (Wildman–Crippen MR) is 78.0 cm³/mol. The smallest absolute Gasteiger partial charge is 0.331 e. The lowest BCUT2D eigenvalue weighted by Gasteiger charge is -2.23. The van der Waals surface area contributed by atoms with Crippen LogP contribution in [-0.4, -0.2) is 61.6 Å². The minimum absolute atomic E-state index is 0.106. The van der Waals surface area contributed by atoms with E-state index in [1.165, 1.54) is 19.1 Å². The number of ether oxygens (including phenoxy) is 3. The van der Waals surface area contributed by atoms with Gasteiger partial charge in [0.2, 0.25) is 5.91 Å². The molecule has 23 heavy (non-hydrogen) atoms. The maximum absolute atomic E-state index is 12.2. The number of esters is 3. The summed E-state index contributed by atoms with van der Waals surface area (Å²) in [5, 5.41) is 0. The van der Waals surface area contributed by atoms with E-state index in [0.717, 1.165) is 12.2 Å². The number of amides is 1. The molecule has 0 spiro atoms. The van der Waals surface area contributed by atoms with E-state index >= 15 is 0 Å². The number of carbonyl (C=O) groups excluding carboxylic acids is 4. The minimum atomic E-state index is -0.780. The van der Waals surface area contributed by atoms with Crippen molar-refractivity contribution in [1.82, 2.24) is 4.90 Å². The van der Waals surface area contributed by atoms with Crippen LogP contribution in [0.3, 0.4) is 0 Å². The summed E-state index contributed by atoms with van der Waals surface area (Å²) in [4.78, 5) is 47.9. The molecule has 0 N–H and O–H groups in total. The molecule has 8 nitrogen and oxygen atoms in total. The Morgan fingerprint density at radius 2 is 1.65 bits per heavy atom. The molecule has 0 aromatic heterocycles. The van der Waals surface area contributed by atoms with Gasteiger partial charge in [0.1, 0.15) is 12.1 Å². The highest BCUT2D eigenvalue weighted by atomic mass is 16.5. The van der Waals surface area contributed by atoms with Crippen LogP contribution in [0.5, 0.6) is 0 Å². The van der Waals surface area contributed by atoms with Crippen molar-refractivity contribution >= 4 is 23.8 Å². The van der Waals surface area contributed by atoms with Crippen LogP contribution in [0.4, 0.5) is 0 Å². The molecular formula is C15H21NO7. The first-order valence-corrected chi connectivity index (χ1v) is 7.15. The topological polar surface area (TPSA) is 99.2 Å². The van der Waals surface area contributed by atoms with Crippen molar-refractivity contribution in [2.45, 2.75) is 32.4 Å². The zero-order valence-corrected chi connectivity index (χ0v) is 13.6. The molecule has 0 bridgehead atoms. The van der Waals surface area contributed by atoms with Gasteiger partial charge in [-0.15, -0.1) is 0 Å². The van der Waals surface area contributed by atoms with Crippen LogP contribution >= 0.6 is 0 Å². The van der Waals surface area contributed by atoms with Crippen LogP contribution in [0, 0.1) is 5.92 Å². The van der Waals surface area contributed by atoms with Gasteiger partial charge in [0.15, 0.2) is 0 Å². The van der Waals surface area contributed by atoms with Crippen molar-refractivity contribution in [1.29, 1.82) is 0 Å². The zero-order chi connectivity index (χ0) is 17.6. The second kappa shape index (κ2) is 8.30. The van der Waals surface area contributed by atoms with Crippen molar-refractivity contribution in [3.05, 3.63) is 12.2 Å². The quantitative estimate of drug-likeness (QED) is 0.400. The third-order valence-electron chi connectivity index (χ3n) is 3.35. The summed E-state index contributed by atoms with van der Waals surface area (Å²) in [7, 11) is 2.42. The maximum atomic E-state index is 12.2. The highest BCUT2D eigenvalue weighted by Crippen LogP contribution is 2.23. The zero-order valence-electron chi connectivity index (χ0n) is 13.6. The molecule has 1 aliphatic heterocycles. The monoisotopic (exact) mass is 327 g/mol. The first kappa shape index (κ1) is 18.7. The normalized spacial score (nSPS) is 20.7. The Labute approximate surface area is 134 Å². The molecule has 1 amide bonds. The lowest BCUT2D eigenvalue weighted by molar-refractivity contribution is -0.152. The van der Waals surface area contributed by atoms with Gasteiger partial charge >= 0.3 is 17.9 Å². The van der Waals surface area contributed by atoms with Crippen molar-refractivity contribution in [2.75, 3.05) is 20.8 Å². The Balaban J connectivity index is 2.74. The van der Waals surface area contributed by atoms with Gasteiger partial charge in [0.25, 0.3) is 0 Å². The fourth-order valence-corrected chi connectivity index (χ4v) is 2.23. The van der Waals surface area contributed by atoms with Crippen LogP contribution in [0.2, 0.25) is 0 Å². The number of carbonyl (C=O) groups is 4. The Morgan fingerprint density at radius 1 is 1.04 bits per heavy atom. The molecule has 1 aliphatic rings. The van der Waals surface area contributed by atoms with E-state index in [9.17, 15) is 19.2 Å². The average molecular weight is 327 g/mol. The molecule has 0 aromatic carbocycles. The van der Waals surface area contributed by atoms with Crippen molar-refractivity contribution in [3.8, 4) is 0 Å². The molecule has 1 heterocycles. The third-order valence-corrected chi connectivity index (χ3v) is 3.35. The molecule has 8 heteroatoms. The second-order valence-electron chi connectivity index (χ2n) is 5.34. The van der Waals surface area contributed by atoms with Gasteiger partial charge in [0, 0.05) is 24.5 Å². The summed E-state index contributed by atoms with van der Waals surface area (Å²) in [5.74, 6) is -2.50. The van der Waals surface area contributed by atoms with E-state index < -0.39 is 30.1 Å². The largest absolute Gasteiger partial charge is 0.467 e. The molecule has 0 aromatic rings. The molecule has 0 saturated carbocycles. The SMILES string of the molecule is COC(=O)/C=C/C(=O)O[C@@H]1C[C@@H](C(=O)OC)N(C(=O)C(C)C)C1. The summed E-state index contributed by atoms with van der Waals surface area (Å²) in [6.07, 6.45) is 1.39. The van der Waals surface area contributed by atoms with E-state index in [2.05, 4.69) is 4.74 Å². The molecule has 128 valence electrons. The summed E-state index contributed by atoms with van der Waals surface area (Å²) in [6, 6.07) is -0.780. The standard InChI is InChI=1S/C15H21NO7/c1-9(2)14(19)16-8-10(7-11(16)15(20)22-4)23-13(18)6-5-12(17)21-3/h5-6,9-11H,7-8H2,1-4H3/b6-5+/t10-,11+/m1/s1. The van der Waals surface area contributed by atoms with Crippen molar-refractivity contribution < 1.29 is 33.4 Å².